The van der Waals surface area contributed by atoms with Gasteiger partial charge in [-0.3, -0.25) is 9.59 Å². The smallest absolute Gasteiger partial charge is 0.303 e. The molecule has 0 aliphatic carbocycles. The van der Waals surface area contributed by atoms with Crippen LogP contribution in [0.4, 0.5) is 5.82 Å². The van der Waals surface area contributed by atoms with Gasteiger partial charge in [-0.15, -0.1) is 0 Å². The summed E-state index contributed by atoms with van der Waals surface area (Å²) >= 11 is 0. The lowest BCUT2D eigenvalue weighted by Gasteiger charge is -2.28. The van der Waals surface area contributed by atoms with E-state index in [1.54, 1.807) is 0 Å². The van der Waals surface area contributed by atoms with Crippen molar-refractivity contribution in [2.45, 2.75) is 19.3 Å². The number of pyridine rings is 1. The van der Waals surface area contributed by atoms with Crippen molar-refractivity contribution < 1.29 is 29.3 Å². The van der Waals surface area contributed by atoms with E-state index < -0.39 is 11.9 Å². The first-order valence-electron chi connectivity index (χ1n) is 9.49. The second-order valence-electron chi connectivity index (χ2n) is 6.36. The zero-order valence-corrected chi connectivity index (χ0v) is 16.2. The van der Waals surface area contributed by atoms with E-state index in [1.807, 2.05) is 24.4 Å². The Morgan fingerprint density at radius 2 is 1.79 bits per heavy atom. The SMILES string of the molecule is NCCCOc1cccc2c(N3CCOCC3)nccc12.O=C(O)CCC(=O)O. The predicted molar refractivity (Wildman–Crippen MR) is 108 cm³/mol. The molecule has 0 amide bonds. The van der Waals surface area contributed by atoms with Gasteiger partial charge in [0.05, 0.1) is 32.7 Å². The number of aliphatic carboxylic acids is 2. The van der Waals surface area contributed by atoms with Gasteiger partial charge >= 0.3 is 11.9 Å². The zero-order valence-electron chi connectivity index (χ0n) is 16.2. The van der Waals surface area contributed by atoms with Gasteiger partial charge < -0.3 is 30.3 Å². The molecule has 29 heavy (non-hydrogen) atoms. The second kappa shape index (κ2) is 11.8. The first kappa shape index (κ1) is 22.4. The summed E-state index contributed by atoms with van der Waals surface area (Å²) in [4.78, 5) is 26.1. The average Bonchev–Trinajstić information content (AvgIpc) is 2.73. The van der Waals surface area contributed by atoms with Gasteiger partial charge in [-0.1, -0.05) is 12.1 Å². The molecule has 3 rings (SSSR count). The molecule has 1 saturated heterocycles. The Hall–Kier alpha value is -2.91. The van der Waals surface area contributed by atoms with Crippen molar-refractivity contribution in [2.24, 2.45) is 5.73 Å². The summed E-state index contributed by atoms with van der Waals surface area (Å²) in [6, 6.07) is 8.13. The van der Waals surface area contributed by atoms with Crippen LogP contribution in [0, 0.1) is 0 Å². The van der Waals surface area contributed by atoms with Crippen molar-refractivity contribution in [1.82, 2.24) is 4.98 Å². The number of benzene rings is 1. The van der Waals surface area contributed by atoms with Gasteiger partial charge in [-0.2, -0.15) is 0 Å². The normalized spacial score (nSPS) is 13.5. The molecule has 0 atom stereocenters. The van der Waals surface area contributed by atoms with Crippen molar-refractivity contribution in [3.63, 3.8) is 0 Å². The molecule has 0 spiro atoms. The Labute approximate surface area is 169 Å². The van der Waals surface area contributed by atoms with Crippen LogP contribution in [0.3, 0.4) is 0 Å². The van der Waals surface area contributed by atoms with E-state index in [0.29, 0.717) is 13.2 Å². The Morgan fingerprint density at radius 1 is 1.10 bits per heavy atom. The molecule has 2 aromatic rings. The summed E-state index contributed by atoms with van der Waals surface area (Å²) in [6.45, 7) is 4.56. The number of carboxylic acid groups (broad SMARTS) is 2. The maximum Gasteiger partial charge on any atom is 0.303 e. The minimum Gasteiger partial charge on any atom is -0.493 e. The maximum absolute atomic E-state index is 9.64. The van der Waals surface area contributed by atoms with Gasteiger partial charge in [0.1, 0.15) is 11.6 Å². The molecular formula is C20H27N3O6. The number of nitrogens with zero attached hydrogens (tertiary/aromatic N) is 2. The highest BCUT2D eigenvalue weighted by molar-refractivity contribution is 5.96. The van der Waals surface area contributed by atoms with Crippen LogP contribution in [-0.2, 0) is 14.3 Å². The lowest BCUT2D eigenvalue weighted by atomic mass is 10.1. The Balaban J connectivity index is 0.000000321. The number of carboxylic acids is 2. The molecule has 0 bridgehead atoms. The fourth-order valence-corrected chi connectivity index (χ4v) is 2.80. The Kier molecular flexibility index (Phi) is 9.13. The maximum atomic E-state index is 9.64. The second-order valence-corrected chi connectivity index (χ2v) is 6.36. The monoisotopic (exact) mass is 405 g/mol. The number of carbonyl (C=O) groups is 2. The van der Waals surface area contributed by atoms with Gasteiger partial charge in [0.2, 0.25) is 0 Å². The molecule has 1 aliphatic heterocycles. The van der Waals surface area contributed by atoms with Crippen molar-refractivity contribution >= 4 is 28.5 Å². The highest BCUT2D eigenvalue weighted by atomic mass is 16.5. The van der Waals surface area contributed by atoms with Crippen LogP contribution in [0.25, 0.3) is 10.8 Å². The van der Waals surface area contributed by atoms with Crippen LogP contribution in [-0.4, -0.2) is 66.6 Å². The molecule has 0 radical (unpaired) electrons. The largest absolute Gasteiger partial charge is 0.493 e. The quantitative estimate of drug-likeness (QED) is 0.561. The number of rotatable bonds is 8. The highest BCUT2D eigenvalue weighted by Crippen LogP contribution is 2.31. The molecular weight excluding hydrogens is 378 g/mol. The van der Waals surface area contributed by atoms with Gasteiger partial charge in [0.25, 0.3) is 0 Å². The van der Waals surface area contributed by atoms with Crippen molar-refractivity contribution in [1.29, 1.82) is 0 Å². The number of ether oxygens (including phenoxy) is 2. The third-order valence-electron chi connectivity index (χ3n) is 4.21. The van der Waals surface area contributed by atoms with Gasteiger partial charge in [0, 0.05) is 30.1 Å². The number of anilines is 1. The summed E-state index contributed by atoms with van der Waals surface area (Å²) in [6.07, 6.45) is 2.12. The summed E-state index contributed by atoms with van der Waals surface area (Å²) in [7, 11) is 0. The minimum atomic E-state index is -1.08. The van der Waals surface area contributed by atoms with E-state index in [-0.39, 0.29) is 12.8 Å². The third kappa shape index (κ3) is 7.20. The standard InChI is InChI=1S/C16H21N3O2.C4H6O4/c17-6-2-10-21-15-4-1-3-14-13(15)5-7-18-16(14)19-8-11-20-12-9-19;5-3(6)1-2-4(7)8/h1,3-5,7H,2,6,8-12,17H2;1-2H2,(H,5,6)(H,7,8). The van der Waals surface area contributed by atoms with Crippen LogP contribution in [0.15, 0.2) is 30.5 Å². The minimum absolute atomic E-state index is 0.296. The van der Waals surface area contributed by atoms with Crippen LogP contribution < -0.4 is 15.4 Å². The van der Waals surface area contributed by atoms with Gasteiger partial charge in [-0.05, 0) is 25.1 Å². The van der Waals surface area contributed by atoms with Crippen LogP contribution in [0.2, 0.25) is 0 Å². The molecule has 2 heterocycles. The molecule has 1 fully saturated rings. The number of nitrogens with two attached hydrogens (primary N) is 1. The molecule has 0 unspecified atom stereocenters. The van der Waals surface area contributed by atoms with E-state index in [0.717, 1.165) is 55.1 Å². The molecule has 9 heteroatoms. The molecule has 9 nitrogen and oxygen atoms in total. The van der Waals surface area contributed by atoms with E-state index in [1.165, 1.54) is 0 Å². The number of hydrogen-bond donors (Lipinski definition) is 3. The van der Waals surface area contributed by atoms with Crippen LogP contribution in [0.5, 0.6) is 5.75 Å². The summed E-state index contributed by atoms with van der Waals surface area (Å²) in [5, 5.41) is 18.0. The summed E-state index contributed by atoms with van der Waals surface area (Å²) in [5.74, 6) is -0.238. The van der Waals surface area contributed by atoms with Crippen LogP contribution >= 0.6 is 0 Å². The first-order valence-corrected chi connectivity index (χ1v) is 9.49. The van der Waals surface area contributed by atoms with E-state index in [2.05, 4.69) is 16.0 Å². The fraction of sp³-hybridized carbons (Fsp3) is 0.450. The molecule has 1 aromatic heterocycles. The number of aromatic nitrogens is 1. The Morgan fingerprint density at radius 3 is 2.41 bits per heavy atom. The fourth-order valence-electron chi connectivity index (χ4n) is 2.80. The van der Waals surface area contributed by atoms with Crippen LogP contribution in [0.1, 0.15) is 19.3 Å². The molecule has 1 aromatic carbocycles. The van der Waals surface area contributed by atoms with E-state index in [4.69, 9.17) is 25.4 Å². The molecule has 158 valence electrons. The first-order chi connectivity index (χ1) is 14.0. The predicted octanol–water partition coefficient (Wildman–Crippen LogP) is 1.73. The lowest BCUT2D eigenvalue weighted by Crippen LogP contribution is -2.36. The van der Waals surface area contributed by atoms with Crippen molar-refractivity contribution in [2.75, 3.05) is 44.4 Å². The van der Waals surface area contributed by atoms with Gasteiger partial charge in [-0.25, -0.2) is 4.98 Å². The van der Waals surface area contributed by atoms with Crippen molar-refractivity contribution in [3.05, 3.63) is 30.5 Å². The number of fused-ring (bicyclic) bond motifs is 1. The third-order valence-corrected chi connectivity index (χ3v) is 4.21. The molecule has 0 saturated carbocycles. The highest BCUT2D eigenvalue weighted by Gasteiger charge is 2.16. The van der Waals surface area contributed by atoms with Gasteiger partial charge in [0.15, 0.2) is 0 Å². The summed E-state index contributed by atoms with van der Waals surface area (Å²) in [5.41, 5.74) is 5.52. The van der Waals surface area contributed by atoms with Crippen molar-refractivity contribution in [3.8, 4) is 5.75 Å². The topological polar surface area (TPSA) is 135 Å². The van der Waals surface area contributed by atoms with E-state index >= 15 is 0 Å². The van der Waals surface area contributed by atoms with E-state index in [9.17, 15) is 9.59 Å². The number of morpholine rings is 1. The summed E-state index contributed by atoms with van der Waals surface area (Å²) < 4.78 is 11.3. The zero-order chi connectivity index (χ0) is 21.1. The lowest BCUT2D eigenvalue weighted by molar-refractivity contribution is -0.143. The molecule has 4 N–H and O–H groups in total. The Bertz CT molecular complexity index is 794. The average molecular weight is 405 g/mol. The number of hydrogen-bond acceptors (Lipinski definition) is 7. The molecule has 1 aliphatic rings.